The summed E-state index contributed by atoms with van der Waals surface area (Å²) in [6, 6.07) is 7.80. The average Bonchev–Trinajstić information content (AvgIpc) is 3.06. The van der Waals surface area contributed by atoms with Crippen LogP contribution >= 0.6 is 34.8 Å². The van der Waals surface area contributed by atoms with Gasteiger partial charge in [0.05, 0.1) is 20.6 Å². The molecule has 0 bridgehead atoms. The molecule has 2 aromatic carbocycles. The Bertz CT molecular complexity index is 887. The molecule has 3 rings (SSSR count). The van der Waals surface area contributed by atoms with E-state index in [1.54, 1.807) is 18.2 Å². The van der Waals surface area contributed by atoms with Gasteiger partial charge in [-0.2, -0.15) is 0 Å². The number of benzene rings is 2. The summed E-state index contributed by atoms with van der Waals surface area (Å²) >= 11 is 17.9. The van der Waals surface area contributed by atoms with Gasteiger partial charge in [0.1, 0.15) is 0 Å². The molecule has 1 heterocycles. The predicted octanol–water partition coefficient (Wildman–Crippen LogP) is 4.56. The van der Waals surface area contributed by atoms with E-state index < -0.39 is 18.0 Å². The van der Waals surface area contributed by atoms with Crippen LogP contribution in [0.2, 0.25) is 15.1 Å². The van der Waals surface area contributed by atoms with E-state index in [4.69, 9.17) is 49.0 Å². The number of amides is 1. The fourth-order valence-electron chi connectivity index (χ4n) is 2.21. The molecule has 2 aromatic rings. The second-order valence-electron chi connectivity index (χ2n) is 5.32. The lowest BCUT2D eigenvalue weighted by molar-refractivity contribution is -0.123. The molecular weight excluding hydrogens is 405 g/mol. The first-order valence-corrected chi connectivity index (χ1v) is 8.55. The van der Waals surface area contributed by atoms with Crippen molar-refractivity contribution < 1.29 is 23.8 Å². The zero-order chi connectivity index (χ0) is 18.8. The molecule has 6 nitrogen and oxygen atoms in total. The number of ether oxygens (including phenoxy) is 3. The standard InChI is InChI=1S/C17H12Cl3NO5/c1-8(26-17(23)14-10(18)3-4-11(19)15(14)20)16(22)21-9-2-5-12-13(6-9)25-7-24-12/h2-6,8H,7H2,1H3,(H,21,22)/t8-/m0/s1. The number of esters is 1. The van der Waals surface area contributed by atoms with Crippen LogP contribution in [0.15, 0.2) is 30.3 Å². The molecule has 0 fully saturated rings. The van der Waals surface area contributed by atoms with Crippen molar-refractivity contribution in [2.45, 2.75) is 13.0 Å². The molecule has 0 spiro atoms. The zero-order valence-electron chi connectivity index (χ0n) is 13.3. The first-order chi connectivity index (χ1) is 12.4. The Balaban J connectivity index is 1.68. The van der Waals surface area contributed by atoms with Crippen LogP contribution in [0.5, 0.6) is 11.5 Å². The molecule has 0 saturated carbocycles. The van der Waals surface area contributed by atoms with Crippen molar-refractivity contribution in [1.82, 2.24) is 0 Å². The highest BCUT2D eigenvalue weighted by Gasteiger charge is 2.24. The van der Waals surface area contributed by atoms with Gasteiger partial charge in [-0.05, 0) is 31.2 Å². The Kier molecular flexibility index (Phi) is 5.46. The summed E-state index contributed by atoms with van der Waals surface area (Å²) in [5.41, 5.74) is 0.379. The van der Waals surface area contributed by atoms with Gasteiger partial charge in [0.15, 0.2) is 17.6 Å². The van der Waals surface area contributed by atoms with Gasteiger partial charge in [0.25, 0.3) is 5.91 Å². The first-order valence-electron chi connectivity index (χ1n) is 7.42. The number of nitrogens with one attached hydrogen (secondary N) is 1. The van der Waals surface area contributed by atoms with E-state index in [0.29, 0.717) is 17.2 Å². The molecule has 9 heteroatoms. The maximum atomic E-state index is 12.3. The highest BCUT2D eigenvalue weighted by atomic mass is 35.5. The predicted molar refractivity (Wildman–Crippen MR) is 97.5 cm³/mol. The molecule has 26 heavy (non-hydrogen) atoms. The van der Waals surface area contributed by atoms with Crippen LogP contribution < -0.4 is 14.8 Å². The quantitative estimate of drug-likeness (QED) is 0.584. The van der Waals surface area contributed by atoms with Gasteiger partial charge in [-0.1, -0.05) is 34.8 Å². The molecule has 1 amide bonds. The summed E-state index contributed by atoms with van der Waals surface area (Å²) in [7, 11) is 0. The average molecular weight is 417 g/mol. The lowest BCUT2D eigenvalue weighted by atomic mass is 10.2. The van der Waals surface area contributed by atoms with Crippen molar-refractivity contribution in [3.63, 3.8) is 0 Å². The van der Waals surface area contributed by atoms with E-state index >= 15 is 0 Å². The molecule has 1 aliphatic heterocycles. The fourth-order valence-corrected chi connectivity index (χ4v) is 2.89. The molecule has 136 valence electrons. The van der Waals surface area contributed by atoms with Gasteiger partial charge < -0.3 is 19.5 Å². The van der Waals surface area contributed by atoms with Crippen molar-refractivity contribution in [3.05, 3.63) is 51.0 Å². The highest BCUT2D eigenvalue weighted by molar-refractivity contribution is 6.46. The molecule has 1 N–H and O–H groups in total. The van der Waals surface area contributed by atoms with Crippen LogP contribution in [0.3, 0.4) is 0 Å². The van der Waals surface area contributed by atoms with Crippen molar-refractivity contribution in [2.75, 3.05) is 12.1 Å². The maximum absolute atomic E-state index is 12.3. The Morgan fingerprint density at radius 1 is 1.08 bits per heavy atom. The van der Waals surface area contributed by atoms with Gasteiger partial charge in [-0.3, -0.25) is 4.79 Å². The molecule has 0 unspecified atom stereocenters. The summed E-state index contributed by atoms with van der Waals surface area (Å²) in [4.78, 5) is 24.6. The zero-order valence-corrected chi connectivity index (χ0v) is 15.6. The maximum Gasteiger partial charge on any atom is 0.342 e. The number of carbonyl (C=O) groups excluding carboxylic acids is 2. The molecule has 1 atom stereocenters. The van der Waals surface area contributed by atoms with E-state index in [1.807, 2.05) is 0 Å². The normalized spacial score (nSPS) is 13.2. The molecular formula is C17H12Cl3NO5. The van der Waals surface area contributed by atoms with E-state index in [0.717, 1.165) is 0 Å². The number of anilines is 1. The lowest BCUT2D eigenvalue weighted by Gasteiger charge is -2.15. The van der Waals surface area contributed by atoms with Crippen molar-refractivity contribution >= 4 is 52.4 Å². The summed E-state index contributed by atoms with van der Waals surface area (Å²) in [5.74, 6) is -0.278. The molecule has 0 aliphatic carbocycles. The second kappa shape index (κ2) is 7.61. The van der Waals surface area contributed by atoms with Crippen LogP contribution in [0.1, 0.15) is 17.3 Å². The number of carbonyl (C=O) groups is 2. The third-order valence-electron chi connectivity index (χ3n) is 3.54. The SMILES string of the molecule is C[C@H](OC(=O)c1c(Cl)ccc(Cl)c1Cl)C(=O)Nc1ccc2c(c1)OCO2. The van der Waals surface area contributed by atoms with Gasteiger partial charge in [0, 0.05) is 11.8 Å². The summed E-state index contributed by atoms with van der Waals surface area (Å²) in [6.07, 6.45) is -1.10. The molecule has 0 aromatic heterocycles. The van der Waals surface area contributed by atoms with Crippen LogP contribution in [0, 0.1) is 0 Å². The number of hydrogen-bond acceptors (Lipinski definition) is 5. The van der Waals surface area contributed by atoms with Crippen molar-refractivity contribution in [3.8, 4) is 11.5 Å². The van der Waals surface area contributed by atoms with E-state index in [1.165, 1.54) is 19.1 Å². The Morgan fingerprint density at radius 2 is 1.77 bits per heavy atom. The second-order valence-corrected chi connectivity index (χ2v) is 6.52. The fraction of sp³-hybridized carbons (Fsp3) is 0.176. The van der Waals surface area contributed by atoms with Crippen LogP contribution in [-0.2, 0) is 9.53 Å². The van der Waals surface area contributed by atoms with Crippen LogP contribution in [0.4, 0.5) is 5.69 Å². The van der Waals surface area contributed by atoms with Crippen LogP contribution in [0.25, 0.3) is 0 Å². The third-order valence-corrected chi connectivity index (χ3v) is 4.66. The van der Waals surface area contributed by atoms with Gasteiger partial charge in [0.2, 0.25) is 6.79 Å². The Morgan fingerprint density at radius 3 is 2.54 bits per heavy atom. The third kappa shape index (κ3) is 3.82. The summed E-state index contributed by atoms with van der Waals surface area (Å²) < 4.78 is 15.6. The Labute approximate surface area is 163 Å². The Hall–Kier alpha value is -2.15. The molecule has 0 saturated heterocycles. The number of fused-ring (bicyclic) bond motifs is 1. The highest BCUT2D eigenvalue weighted by Crippen LogP contribution is 2.34. The van der Waals surface area contributed by atoms with E-state index in [2.05, 4.69) is 5.32 Å². The number of hydrogen-bond donors (Lipinski definition) is 1. The summed E-state index contributed by atoms with van der Waals surface area (Å²) in [6.45, 7) is 1.55. The first kappa shape index (κ1) is 18.6. The smallest absolute Gasteiger partial charge is 0.342 e. The summed E-state index contributed by atoms with van der Waals surface area (Å²) in [5, 5.41) is 2.82. The molecule has 1 aliphatic rings. The minimum Gasteiger partial charge on any atom is -0.454 e. The van der Waals surface area contributed by atoms with Gasteiger partial charge in [-0.25, -0.2) is 4.79 Å². The van der Waals surface area contributed by atoms with E-state index in [9.17, 15) is 9.59 Å². The van der Waals surface area contributed by atoms with Crippen LogP contribution in [-0.4, -0.2) is 24.8 Å². The lowest BCUT2D eigenvalue weighted by Crippen LogP contribution is -2.30. The van der Waals surface area contributed by atoms with Crippen molar-refractivity contribution in [2.24, 2.45) is 0 Å². The van der Waals surface area contributed by atoms with E-state index in [-0.39, 0.29) is 27.4 Å². The van der Waals surface area contributed by atoms with Gasteiger partial charge >= 0.3 is 5.97 Å². The monoisotopic (exact) mass is 415 g/mol. The largest absolute Gasteiger partial charge is 0.454 e. The topological polar surface area (TPSA) is 73.9 Å². The molecule has 0 radical (unpaired) electrons. The van der Waals surface area contributed by atoms with Crippen molar-refractivity contribution in [1.29, 1.82) is 0 Å². The minimum absolute atomic E-state index is 0.0347. The number of halogens is 3. The minimum atomic E-state index is -1.10. The van der Waals surface area contributed by atoms with Gasteiger partial charge in [-0.15, -0.1) is 0 Å². The number of rotatable bonds is 4.